The summed E-state index contributed by atoms with van der Waals surface area (Å²) >= 11 is 5.37. The van der Waals surface area contributed by atoms with E-state index in [1.807, 2.05) is 16.7 Å². The van der Waals surface area contributed by atoms with E-state index in [2.05, 4.69) is 15.9 Å². The molecule has 2 atom stereocenters. The van der Waals surface area contributed by atoms with Gasteiger partial charge in [0.15, 0.2) is 0 Å². The van der Waals surface area contributed by atoms with Crippen molar-refractivity contribution in [1.29, 1.82) is 0 Å². The van der Waals surface area contributed by atoms with Gasteiger partial charge in [-0.25, -0.2) is 0 Å². The van der Waals surface area contributed by atoms with E-state index in [1.54, 1.807) is 0 Å². The number of amides is 1. The Labute approximate surface area is 72.5 Å². The largest absolute Gasteiger partial charge is 0.317 e. The molecule has 2 aliphatic rings. The van der Waals surface area contributed by atoms with Crippen LogP contribution in [0.3, 0.4) is 0 Å². The molecule has 1 unspecified atom stereocenters. The van der Waals surface area contributed by atoms with Crippen molar-refractivity contribution in [3.05, 3.63) is 0 Å². The molecule has 2 saturated heterocycles. The summed E-state index contributed by atoms with van der Waals surface area (Å²) in [5.41, 5.74) is 0. The van der Waals surface area contributed by atoms with E-state index in [9.17, 15) is 4.79 Å². The zero-order chi connectivity index (χ0) is 7.14. The molecule has 56 valence electrons. The third-order valence-electron chi connectivity index (χ3n) is 1.92. The smallest absolute Gasteiger partial charge is 0.227 e. The highest BCUT2D eigenvalue weighted by atomic mass is 79.9. The third-order valence-corrected chi connectivity index (χ3v) is 4.06. The van der Waals surface area contributed by atoms with E-state index >= 15 is 0 Å². The van der Waals surface area contributed by atoms with Crippen molar-refractivity contribution in [2.75, 3.05) is 5.75 Å². The lowest BCUT2D eigenvalue weighted by molar-refractivity contribution is -0.142. The molecule has 10 heavy (non-hydrogen) atoms. The molecule has 1 amide bonds. The Bertz CT molecular complexity index is 169. The minimum Gasteiger partial charge on any atom is -0.317 e. The highest BCUT2D eigenvalue weighted by molar-refractivity contribution is 9.09. The molecule has 2 rings (SSSR count). The van der Waals surface area contributed by atoms with Crippen LogP contribution in [-0.2, 0) is 4.79 Å². The predicted octanol–water partition coefficient (Wildman–Crippen LogP) is 1.40. The Kier molecular flexibility index (Phi) is 1.68. The van der Waals surface area contributed by atoms with Crippen molar-refractivity contribution in [3.8, 4) is 0 Å². The summed E-state index contributed by atoms with van der Waals surface area (Å²) in [4.78, 5) is 13.2. The molecule has 0 aromatic carbocycles. The average molecular weight is 222 g/mol. The van der Waals surface area contributed by atoms with Crippen LogP contribution in [0.2, 0.25) is 0 Å². The number of hydrogen-bond donors (Lipinski definition) is 0. The van der Waals surface area contributed by atoms with Crippen molar-refractivity contribution in [2.24, 2.45) is 0 Å². The zero-order valence-electron chi connectivity index (χ0n) is 5.42. The second-order valence-electron chi connectivity index (χ2n) is 2.55. The van der Waals surface area contributed by atoms with Crippen LogP contribution in [0.1, 0.15) is 12.8 Å². The van der Waals surface area contributed by atoms with Crippen LogP contribution < -0.4 is 0 Å². The third kappa shape index (κ3) is 0.889. The van der Waals surface area contributed by atoms with Crippen molar-refractivity contribution < 1.29 is 4.79 Å². The number of carbonyl (C=O) groups is 1. The molecular weight excluding hydrogens is 214 g/mol. The van der Waals surface area contributed by atoms with Gasteiger partial charge in [0.25, 0.3) is 0 Å². The maximum atomic E-state index is 11.0. The van der Waals surface area contributed by atoms with E-state index in [-0.39, 0.29) is 0 Å². The monoisotopic (exact) mass is 221 g/mol. The second-order valence-corrected chi connectivity index (χ2v) is 4.90. The van der Waals surface area contributed by atoms with Crippen LogP contribution >= 0.6 is 27.7 Å². The van der Waals surface area contributed by atoms with Gasteiger partial charge in [0.1, 0.15) is 0 Å². The Morgan fingerprint density at radius 3 is 3.00 bits per heavy atom. The number of halogens is 1. The van der Waals surface area contributed by atoms with Gasteiger partial charge in [-0.15, -0.1) is 11.8 Å². The first kappa shape index (κ1) is 6.98. The minimum absolute atomic E-state index is 0.305. The summed E-state index contributed by atoms with van der Waals surface area (Å²) in [5, 5.41) is 0.491. The van der Waals surface area contributed by atoms with Crippen molar-refractivity contribution in [2.45, 2.75) is 23.2 Å². The molecule has 0 radical (unpaired) electrons. The Balaban J connectivity index is 2.07. The Morgan fingerprint density at radius 2 is 2.50 bits per heavy atom. The van der Waals surface area contributed by atoms with Crippen molar-refractivity contribution in [3.63, 3.8) is 0 Å². The van der Waals surface area contributed by atoms with Crippen molar-refractivity contribution >= 4 is 33.6 Å². The van der Waals surface area contributed by atoms with Gasteiger partial charge in [-0.3, -0.25) is 4.79 Å². The fourth-order valence-corrected chi connectivity index (χ4v) is 3.84. The molecule has 0 saturated carbocycles. The first-order chi connectivity index (χ1) is 4.79. The maximum Gasteiger partial charge on any atom is 0.227 e. The van der Waals surface area contributed by atoms with Crippen LogP contribution in [0.15, 0.2) is 0 Å². The summed E-state index contributed by atoms with van der Waals surface area (Å²) in [6, 6.07) is 0. The second kappa shape index (κ2) is 2.41. The van der Waals surface area contributed by atoms with Crippen LogP contribution in [-0.4, -0.2) is 26.9 Å². The molecule has 2 nitrogen and oxygen atoms in total. The van der Waals surface area contributed by atoms with E-state index < -0.39 is 0 Å². The fraction of sp³-hybridized carbons (Fsp3) is 0.833. The molecule has 4 heteroatoms. The van der Waals surface area contributed by atoms with E-state index in [0.717, 1.165) is 12.8 Å². The van der Waals surface area contributed by atoms with E-state index in [4.69, 9.17) is 0 Å². The van der Waals surface area contributed by atoms with Gasteiger partial charge in [0.05, 0.1) is 16.7 Å². The number of fused-ring (bicyclic) bond motifs is 1. The summed E-state index contributed by atoms with van der Waals surface area (Å²) in [6.45, 7) is 0. The molecular formula is C6H8BrNOS. The molecule has 0 aromatic rings. The van der Waals surface area contributed by atoms with Crippen LogP contribution in [0.5, 0.6) is 0 Å². The number of hydrogen-bond acceptors (Lipinski definition) is 2. The van der Waals surface area contributed by atoms with Gasteiger partial charge < -0.3 is 4.90 Å². The highest BCUT2D eigenvalue weighted by Gasteiger charge is 2.42. The molecule has 0 aliphatic carbocycles. The number of carbonyl (C=O) groups excluding carboxylic acids is 1. The lowest BCUT2D eigenvalue weighted by atomic mass is 10.2. The number of alkyl halides is 1. The zero-order valence-corrected chi connectivity index (χ0v) is 7.82. The highest BCUT2D eigenvalue weighted by Crippen LogP contribution is 2.39. The molecule has 2 aliphatic heterocycles. The fourth-order valence-electron chi connectivity index (χ4n) is 1.32. The van der Waals surface area contributed by atoms with Crippen LogP contribution in [0.25, 0.3) is 0 Å². The SMILES string of the molecule is O=C1C[C@H]2SCCC(Br)N12. The number of thioether (sulfide) groups is 1. The van der Waals surface area contributed by atoms with Gasteiger partial charge in [-0.05, 0) is 12.2 Å². The summed E-state index contributed by atoms with van der Waals surface area (Å²) in [7, 11) is 0. The van der Waals surface area contributed by atoms with Gasteiger partial charge in [0.2, 0.25) is 5.91 Å². The summed E-state index contributed by atoms with van der Waals surface area (Å²) in [5.74, 6) is 1.49. The Morgan fingerprint density at radius 1 is 1.70 bits per heavy atom. The van der Waals surface area contributed by atoms with Gasteiger partial charge in [-0.2, -0.15) is 0 Å². The quantitative estimate of drug-likeness (QED) is 0.351. The van der Waals surface area contributed by atoms with E-state index in [0.29, 0.717) is 16.2 Å². The first-order valence-corrected chi connectivity index (χ1v) is 5.32. The van der Waals surface area contributed by atoms with Crippen LogP contribution in [0, 0.1) is 0 Å². The maximum absolute atomic E-state index is 11.0. The molecule has 2 heterocycles. The normalized spacial score (nSPS) is 38.9. The topological polar surface area (TPSA) is 20.3 Å². The lowest BCUT2D eigenvalue weighted by Gasteiger charge is -2.46. The Hall–Kier alpha value is 0.300. The summed E-state index contributed by atoms with van der Waals surface area (Å²) in [6.07, 6.45) is 1.85. The van der Waals surface area contributed by atoms with Gasteiger partial charge in [0, 0.05) is 0 Å². The van der Waals surface area contributed by atoms with Gasteiger partial charge in [-0.1, -0.05) is 15.9 Å². The van der Waals surface area contributed by atoms with Crippen molar-refractivity contribution in [1.82, 2.24) is 4.90 Å². The molecule has 0 spiro atoms. The van der Waals surface area contributed by atoms with E-state index in [1.165, 1.54) is 5.75 Å². The number of β-lactam (4-membered cyclic amide) rings is 1. The standard InChI is InChI=1S/C6H8BrNOS/c7-4-1-2-10-6-3-5(9)8(4)6/h4,6H,1-3H2/t4?,6-/m1/s1. The first-order valence-electron chi connectivity index (χ1n) is 3.36. The van der Waals surface area contributed by atoms with Crippen LogP contribution in [0.4, 0.5) is 0 Å². The lowest BCUT2D eigenvalue weighted by Crippen LogP contribution is -2.56. The predicted molar refractivity (Wildman–Crippen MR) is 45.0 cm³/mol. The average Bonchev–Trinajstić information content (AvgIpc) is 1.85. The van der Waals surface area contributed by atoms with Gasteiger partial charge >= 0.3 is 0 Å². The molecule has 0 bridgehead atoms. The molecule has 0 aromatic heterocycles. The number of rotatable bonds is 0. The summed E-state index contributed by atoms with van der Waals surface area (Å²) < 4.78 is 0. The molecule has 0 N–H and O–H groups in total. The minimum atomic E-state index is 0.305. The number of nitrogens with zero attached hydrogens (tertiary/aromatic N) is 1. The molecule has 2 fully saturated rings.